The SMILES string of the molecule is c1cc(-c2cccc3c2oc2cccnc23)nc(-c2ccnc3c2oc2ccccc23)c1. The second-order valence-electron chi connectivity index (χ2n) is 7.68. The van der Waals surface area contributed by atoms with E-state index in [0.29, 0.717) is 0 Å². The summed E-state index contributed by atoms with van der Waals surface area (Å²) in [5.74, 6) is 0. The van der Waals surface area contributed by atoms with Crippen molar-refractivity contribution in [2.24, 2.45) is 0 Å². The third-order valence-electron chi connectivity index (χ3n) is 5.81. The van der Waals surface area contributed by atoms with Crippen LogP contribution in [0.3, 0.4) is 0 Å². The quantitative estimate of drug-likeness (QED) is 0.305. The minimum absolute atomic E-state index is 0.740. The van der Waals surface area contributed by atoms with Crippen LogP contribution in [0, 0.1) is 0 Å². The lowest BCUT2D eigenvalue weighted by Gasteiger charge is -2.06. The number of para-hydroxylation sites is 2. The summed E-state index contributed by atoms with van der Waals surface area (Å²) < 4.78 is 12.3. The van der Waals surface area contributed by atoms with Crippen molar-refractivity contribution in [2.45, 2.75) is 0 Å². The molecule has 0 radical (unpaired) electrons. The van der Waals surface area contributed by atoms with E-state index in [1.807, 2.05) is 78.9 Å². The Morgan fingerprint density at radius 2 is 1.22 bits per heavy atom. The van der Waals surface area contributed by atoms with Gasteiger partial charge >= 0.3 is 0 Å². The van der Waals surface area contributed by atoms with Crippen LogP contribution in [0.5, 0.6) is 0 Å². The van der Waals surface area contributed by atoms with Crippen molar-refractivity contribution in [3.05, 3.63) is 91.3 Å². The van der Waals surface area contributed by atoms with E-state index in [1.165, 1.54) is 0 Å². The van der Waals surface area contributed by atoms with Gasteiger partial charge in [0.25, 0.3) is 0 Å². The van der Waals surface area contributed by atoms with E-state index in [1.54, 1.807) is 12.4 Å². The standard InChI is InChI=1S/C27H15N3O2/c1-2-11-22-18(6-1)25-27(31-22)17(13-15-29-25)21-10-4-9-20(30-21)16-7-3-8-19-24-23(32-26(16)19)12-5-14-28-24/h1-15H. The highest BCUT2D eigenvalue weighted by Gasteiger charge is 2.16. The summed E-state index contributed by atoms with van der Waals surface area (Å²) in [6, 6.07) is 25.8. The van der Waals surface area contributed by atoms with E-state index >= 15 is 0 Å². The third-order valence-corrected chi connectivity index (χ3v) is 5.81. The summed E-state index contributed by atoms with van der Waals surface area (Å²) in [5.41, 5.74) is 8.30. The number of aromatic nitrogens is 3. The molecule has 0 spiro atoms. The first kappa shape index (κ1) is 17.2. The zero-order valence-corrected chi connectivity index (χ0v) is 16.8. The van der Waals surface area contributed by atoms with Crippen LogP contribution in [-0.2, 0) is 0 Å². The molecule has 0 fully saturated rings. The van der Waals surface area contributed by atoms with Gasteiger partial charge in [-0.3, -0.25) is 9.97 Å². The number of pyridine rings is 3. The molecule has 0 atom stereocenters. The molecule has 7 aromatic rings. The van der Waals surface area contributed by atoms with Crippen molar-refractivity contribution in [1.29, 1.82) is 0 Å². The van der Waals surface area contributed by atoms with Crippen molar-refractivity contribution in [3.63, 3.8) is 0 Å². The first-order valence-corrected chi connectivity index (χ1v) is 10.4. The van der Waals surface area contributed by atoms with Gasteiger partial charge in [-0.05, 0) is 54.6 Å². The molecule has 0 saturated carbocycles. The number of rotatable bonds is 2. The zero-order chi connectivity index (χ0) is 21.1. The molecule has 0 N–H and O–H groups in total. The first-order valence-electron chi connectivity index (χ1n) is 10.4. The third kappa shape index (κ3) is 2.42. The molecule has 0 aliphatic rings. The van der Waals surface area contributed by atoms with Gasteiger partial charge in [0.05, 0.1) is 11.4 Å². The molecule has 5 heterocycles. The van der Waals surface area contributed by atoms with Gasteiger partial charge in [-0.15, -0.1) is 0 Å². The predicted molar refractivity (Wildman–Crippen MR) is 125 cm³/mol. The fourth-order valence-electron chi connectivity index (χ4n) is 4.36. The van der Waals surface area contributed by atoms with E-state index in [0.717, 1.165) is 66.7 Å². The molecule has 5 aromatic heterocycles. The van der Waals surface area contributed by atoms with E-state index in [9.17, 15) is 0 Å². The lowest BCUT2D eigenvalue weighted by molar-refractivity contribution is 0.669. The monoisotopic (exact) mass is 413 g/mol. The molecule has 2 aromatic carbocycles. The highest BCUT2D eigenvalue weighted by molar-refractivity contribution is 6.08. The molecule has 0 unspecified atom stereocenters. The predicted octanol–water partition coefficient (Wildman–Crippen LogP) is 7.00. The van der Waals surface area contributed by atoms with Gasteiger partial charge in [0.1, 0.15) is 22.2 Å². The Hall–Kier alpha value is -4.51. The molecular weight excluding hydrogens is 398 g/mol. The van der Waals surface area contributed by atoms with Crippen molar-refractivity contribution in [3.8, 4) is 22.5 Å². The molecule has 5 nitrogen and oxygen atoms in total. The van der Waals surface area contributed by atoms with Crippen LogP contribution in [0.4, 0.5) is 0 Å². The minimum atomic E-state index is 0.740. The molecular formula is C27H15N3O2. The van der Waals surface area contributed by atoms with Gasteiger partial charge in [-0.1, -0.05) is 24.3 Å². The van der Waals surface area contributed by atoms with Crippen molar-refractivity contribution in [2.75, 3.05) is 0 Å². The normalized spacial score (nSPS) is 11.8. The van der Waals surface area contributed by atoms with Crippen LogP contribution in [0.25, 0.3) is 66.7 Å². The summed E-state index contributed by atoms with van der Waals surface area (Å²) in [5, 5.41) is 1.98. The number of hydrogen-bond acceptors (Lipinski definition) is 5. The van der Waals surface area contributed by atoms with Crippen molar-refractivity contribution in [1.82, 2.24) is 15.0 Å². The minimum Gasteiger partial charge on any atom is -0.454 e. The first-order chi connectivity index (χ1) is 15.9. The Balaban J connectivity index is 1.45. The fraction of sp³-hybridized carbons (Fsp3) is 0. The number of nitrogens with zero attached hydrogens (tertiary/aromatic N) is 3. The van der Waals surface area contributed by atoms with Gasteiger partial charge in [0, 0.05) is 34.3 Å². The van der Waals surface area contributed by atoms with Crippen molar-refractivity contribution < 1.29 is 8.83 Å². The Morgan fingerprint density at radius 1 is 0.500 bits per heavy atom. The lowest BCUT2D eigenvalue weighted by Crippen LogP contribution is -1.89. The molecule has 0 aliphatic heterocycles. The summed E-state index contributed by atoms with van der Waals surface area (Å²) in [4.78, 5) is 14.0. The van der Waals surface area contributed by atoms with Crippen LogP contribution in [0.2, 0.25) is 0 Å². The van der Waals surface area contributed by atoms with Crippen LogP contribution >= 0.6 is 0 Å². The average Bonchev–Trinajstić information content (AvgIpc) is 3.42. The summed E-state index contributed by atoms with van der Waals surface area (Å²) in [6.07, 6.45) is 3.59. The fourth-order valence-corrected chi connectivity index (χ4v) is 4.36. The second kappa shape index (κ2) is 6.49. The number of fused-ring (bicyclic) bond motifs is 6. The number of hydrogen-bond donors (Lipinski definition) is 0. The topological polar surface area (TPSA) is 65.0 Å². The largest absolute Gasteiger partial charge is 0.454 e. The van der Waals surface area contributed by atoms with E-state index < -0.39 is 0 Å². The Kier molecular flexibility index (Phi) is 3.49. The molecule has 5 heteroatoms. The van der Waals surface area contributed by atoms with Gasteiger partial charge in [-0.25, -0.2) is 4.98 Å². The maximum absolute atomic E-state index is 6.16. The van der Waals surface area contributed by atoms with Crippen LogP contribution in [-0.4, -0.2) is 15.0 Å². The zero-order valence-electron chi connectivity index (χ0n) is 16.8. The lowest BCUT2D eigenvalue weighted by atomic mass is 10.1. The Labute approximate surface area is 182 Å². The summed E-state index contributed by atoms with van der Waals surface area (Å²) in [7, 11) is 0. The van der Waals surface area contributed by atoms with Gasteiger partial charge in [0.2, 0.25) is 0 Å². The summed E-state index contributed by atoms with van der Waals surface area (Å²) in [6.45, 7) is 0. The van der Waals surface area contributed by atoms with Crippen LogP contribution in [0.15, 0.2) is 100 Å². The maximum Gasteiger partial charge on any atom is 0.163 e. The van der Waals surface area contributed by atoms with E-state index in [-0.39, 0.29) is 0 Å². The molecule has 0 bridgehead atoms. The van der Waals surface area contributed by atoms with E-state index in [2.05, 4.69) is 9.97 Å². The molecule has 150 valence electrons. The Bertz CT molecular complexity index is 1670. The van der Waals surface area contributed by atoms with Gasteiger partial charge in [0.15, 0.2) is 11.2 Å². The van der Waals surface area contributed by atoms with Crippen LogP contribution in [0.1, 0.15) is 0 Å². The number of furan rings is 2. The molecule has 0 aliphatic carbocycles. The van der Waals surface area contributed by atoms with E-state index in [4.69, 9.17) is 13.8 Å². The molecule has 0 amide bonds. The smallest absolute Gasteiger partial charge is 0.163 e. The average molecular weight is 413 g/mol. The van der Waals surface area contributed by atoms with Crippen LogP contribution < -0.4 is 0 Å². The number of benzene rings is 2. The van der Waals surface area contributed by atoms with Gasteiger partial charge in [-0.2, -0.15) is 0 Å². The Morgan fingerprint density at radius 3 is 2.16 bits per heavy atom. The van der Waals surface area contributed by atoms with Gasteiger partial charge < -0.3 is 8.83 Å². The maximum atomic E-state index is 6.16. The van der Waals surface area contributed by atoms with Crippen molar-refractivity contribution >= 4 is 44.1 Å². The second-order valence-corrected chi connectivity index (χ2v) is 7.68. The molecule has 32 heavy (non-hydrogen) atoms. The highest BCUT2D eigenvalue weighted by Crippen LogP contribution is 2.37. The summed E-state index contributed by atoms with van der Waals surface area (Å²) >= 11 is 0. The molecule has 0 saturated heterocycles. The molecule has 7 rings (SSSR count). The highest BCUT2D eigenvalue weighted by atomic mass is 16.3.